The molecule has 0 saturated heterocycles. The van der Waals surface area contributed by atoms with Crippen molar-refractivity contribution in [2.75, 3.05) is 19.0 Å². The van der Waals surface area contributed by atoms with Gasteiger partial charge in [-0.25, -0.2) is 4.98 Å². The number of benzene rings is 1. The summed E-state index contributed by atoms with van der Waals surface area (Å²) >= 11 is 0. The van der Waals surface area contributed by atoms with Crippen molar-refractivity contribution in [3.8, 4) is 17.9 Å². The summed E-state index contributed by atoms with van der Waals surface area (Å²) in [4.78, 5) is 28.0. The molecule has 3 rings (SSSR count). The van der Waals surface area contributed by atoms with E-state index < -0.39 is 5.97 Å². The standard InChI is InChI=1S/C25H27N5O4/c1-15(21-9-17(11-26)5-8-22(21)34-2)30-23-19(12-27)10-20(14-28-23)24(31)29-13-16-3-6-18(7-4-16)25(32)33/h5,8-10,14-16,18H,3-4,6-7,13H2,1-2H3,(H,28,30)(H,29,31)(H,32,33)/t15-,16?,18?/m0/s1. The second-order valence-corrected chi connectivity index (χ2v) is 8.43. The lowest BCUT2D eigenvalue weighted by Crippen LogP contribution is -2.32. The smallest absolute Gasteiger partial charge is 0.306 e. The van der Waals surface area contributed by atoms with Crippen molar-refractivity contribution in [2.45, 2.75) is 38.6 Å². The van der Waals surface area contributed by atoms with Crippen molar-refractivity contribution in [1.82, 2.24) is 10.3 Å². The average Bonchev–Trinajstić information content (AvgIpc) is 2.87. The fraction of sp³-hybridized carbons (Fsp3) is 0.400. The van der Waals surface area contributed by atoms with Gasteiger partial charge < -0.3 is 20.5 Å². The Hall–Kier alpha value is -4.11. The molecule has 0 bridgehead atoms. The molecule has 1 aromatic heterocycles. The molecule has 1 atom stereocenters. The van der Waals surface area contributed by atoms with E-state index in [1.165, 1.54) is 12.3 Å². The first-order chi connectivity index (χ1) is 16.4. The number of nitriles is 2. The molecule has 1 amide bonds. The van der Waals surface area contributed by atoms with Crippen LogP contribution in [0.15, 0.2) is 30.5 Å². The molecule has 0 unspecified atom stereocenters. The highest BCUT2D eigenvalue weighted by Gasteiger charge is 2.26. The summed E-state index contributed by atoms with van der Waals surface area (Å²) in [5.74, 6) is -0.207. The fourth-order valence-electron chi connectivity index (χ4n) is 4.17. The van der Waals surface area contributed by atoms with Crippen molar-refractivity contribution in [3.63, 3.8) is 0 Å². The number of nitrogens with one attached hydrogen (secondary N) is 2. The number of amides is 1. The zero-order valence-corrected chi connectivity index (χ0v) is 19.2. The molecular weight excluding hydrogens is 434 g/mol. The summed E-state index contributed by atoms with van der Waals surface area (Å²) < 4.78 is 5.39. The first kappa shape index (κ1) is 24.5. The molecular formula is C25H27N5O4. The zero-order valence-electron chi connectivity index (χ0n) is 19.2. The number of pyridine rings is 1. The molecule has 1 aromatic carbocycles. The van der Waals surface area contributed by atoms with Gasteiger partial charge in [-0.1, -0.05) is 0 Å². The lowest BCUT2D eigenvalue weighted by Gasteiger charge is -2.26. The van der Waals surface area contributed by atoms with Crippen LogP contribution in [0.25, 0.3) is 0 Å². The van der Waals surface area contributed by atoms with E-state index >= 15 is 0 Å². The summed E-state index contributed by atoms with van der Waals surface area (Å²) in [7, 11) is 1.54. The van der Waals surface area contributed by atoms with E-state index in [9.17, 15) is 20.1 Å². The second kappa shape index (κ2) is 11.2. The Labute approximate surface area is 198 Å². The number of aliphatic carboxylic acids is 1. The van der Waals surface area contributed by atoms with E-state index in [1.807, 2.05) is 6.92 Å². The molecule has 0 aliphatic heterocycles. The molecule has 0 spiro atoms. The van der Waals surface area contributed by atoms with Gasteiger partial charge in [-0.15, -0.1) is 0 Å². The van der Waals surface area contributed by atoms with Crippen LogP contribution in [0.4, 0.5) is 5.82 Å². The van der Waals surface area contributed by atoms with Gasteiger partial charge in [0.1, 0.15) is 17.6 Å². The van der Waals surface area contributed by atoms with Crippen LogP contribution in [0.1, 0.15) is 65.7 Å². The third-order valence-corrected chi connectivity index (χ3v) is 6.20. The third-order valence-electron chi connectivity index (χ3n) is 6.20. The molecule has 0 radical (unpaired) electrons. The van der Waals surface area contributed by atoms with Crippen LogP contribution in [0, 0.1) is 34.5 Å². The number of carbonyl (C=O) groups is 2. The van der Waals surface area contributed by atoms with E-state index in [-0.39, 0.29) is 34.9 Å². The van der Waals surface area contributed by atoms with E-state index in [4.69, 9.17) is 9.84 Å². The second-order valence-electron chi connectivity index (χ2n) is 8.43. The minimum atomic E-state index is -0.753. The highest BCUT2D eigenvalue weighted by Crippen LogP contribution is 2.30. The number of carboxylic acids is 1. The Morgan fingerprint density at radius 1 is 1.21 bits per heavy atom. The van der Waals surface area contributed by atoms with Crippen LogP contribution >= 0.6 is 0 Å². The van der Waals surface area contributed by atoms with E-state index in [0.29, 0.717) is 36.5 Å². The lowest BCUT2D eigenvalue weighted by atomic mass is 9.82. The van der Waals surface area contributed by atoms with Gasteiger partial charge in [0.15, 0.2) is 0 Å². The molecule has 9 nitrogen and oxygen atoms in total. The quantitative estimate of drug-likeness (QED) is 0.540. The maximum Gasteiger partial charge on any atom is 0.306 e. The topological polar surface area (TPSA) is 148 Å². The molecule has 34 heavy (non-hydrogen) atoms. The number of carboxylic acid groups (broad SMARTS) is 1. The predicted octanol–water partition coefficient (Wildman–Crippen LogP) is 3.63. The molecule has 176 valence electrons. The van der Waals surface area contributed by atoms with Gasteiger partial charge >= 0.3 is 5.97 Å². The average molecular weight is 462 g/mol. The van der Waals surface area contributed by atoms with Crippen molar-refractivity contribution in [2.24, 2.45) is 11.8 Å². The number of rotatable bonds is 8. The molecule has 1 fully saturated rings. The predicted molar refractivity (Wildman–Crippen MR) is 124 cm³/mol. The van der Waals surface area contributed by atoms with Gasteiger partial charge in [-0.05, 0) is 62.8 Å². The van der Waals surface area contributed by atoms with Crippen molar-refractivity contribution in [3.05, 3.63) is 52.7 Å². The number of aromatic nitrogens is 1. The van der Waals surface area contributed by atoms with Crippen LogP contribution in [0.5, 0.6) is 5.75 Å². The van der Waals surface area contributed by atoms with Crippen LogP contribution in [-0.2, 0) is 4.79 Å². The number of carbonyl (C=O) groups excluding carboxylic acids is 1. The van der Waals surface area contributed by atoms with Gasteiger partial charge in [0.25, 0.3) is 5.91 Å². The molecule has 3 N–H and O–H groups in total. The first-order valence-corrected chi connectivity index (χ1v) is 11.1. The Kier molecular flexibility index (Phi) is 8.05. The highest BCUT2D eigenvalue weighted by atomic mass is 16.5. The Morgan fingerprint density at radius 3 is 2.56 bits per heavy atom. The number of nitrogens with zero attached hydrogens (tertiary/aromatic N) is 3. The van der Waals surface area contributed by atoms with Gasteiger partial charge in [0.2, 0.25) is 0 Å². The monoisotopic (exact) mass is 461 g/mol. The summed E-state index contributed by atoms with van der Waals surface area (Å²) in [6.07, 6.45) is 4.18. The van der Waals surface area contributed by atoms with Gasteiger partial charge in [0, 0.05) is 18.3 Å². The number of anilines is 1. The lowest BCUT2D eigenvalue weighted by molar-refractivity contribution is -0.143. The van der Waals surface area contributed by atoms with Gasteiger partial charge in [-0.3, -0.25) is 9.59 Å². The number of hydrogen-bond donors (Lipinski definition) is 3. The zero-order chi connectivity index (χ0) is 24.7. The number of hydrogen-bond acceptors (Lipinski definition) is 7. The van der Waals surface area contributed by atoms with Gasteiger partial charge in [-0.2, -0.15) is 10.5 Å². The summed E-state index contributed by atoms with van der Waals surface area (Å²) in [6, 6.07) is 10.4. The Bertz CT molecular complexity index is 1140. The fourth-order valence-corrected chi connectivity index (χ4v) is 4.17. The third kappa shape index (κ3) is 5.81. The molecule has 1 aliphatic rings. The van der Waals surface area contributed by atoms with Crippen molar-refractivity contribution >= 4 is 17.7 Å². The Balaban J connectivity index is 1.65. The van der Waals surface area contributed by atoms with Crippen LogP contribution in [-0.4, -0.2) is 35.6 Å². The van der Waals surface area contributed by atoms with E-state index in [0.717, 1.165) is 18.4 Å². The Morgan fingerprint density at radius 2 is 1.94 bits per heavy atom. The molecule has 2 aromatic rings. The minimum absolute atomic E-state index is 0.219. The van der Waals surface area contributed by atoms with Crippen LogP contribution in [0.3, 0.4) is 0 Å². The van der Waals surface area contributed by atoms with E-state index in [2.05, 4.69) is 27.8 Å². The summed E-state index contributed by atoms with van der Waals surface area (Å²) in [5, 5.41) is 34.0. The number of ether oxygens (including phenoxy) is 1. The molecule has 9 heteroatoms. The SMILES string of the molecule is COc1ccc(C#N)cc1[C@H](C)Nc1ncc(C(=O)NCC2CCC(C(=O)O)CC2)cc1C#N. The molecule has 1 aliphatic carbocycles. The maximum atomic E-state index is 12.6. The van der Waals surface area contributed by atoms with E-state index in [1.54, 1.807) is 25.3 Å². The molecule has 1 heterocycles. The van der Waals surface area contributed by atoms with Crippen LogP contribution < -0.4 is 15.4 Å². The largest absolute Gasteiger partial charge is 0.496 e. The first-order valence-electron chi connectivity index (χ1n) is 11.1. The highest BCUT2D eigenvalue weighted by molar-refractivity contribution is 5.94. The van der Waals surface area contributed by atoms with Crippen molar-refractivity contribution < 1.29 is 19.4 Å². The number of methoxy groups -OCH3 is 1. The van der Waals surface area contributed by atoms with Crippen LogP contribution in [0.2, 0.25) is 0 Å². The minimum Gasteiger partial charge on any atom is -0.496 e. The summed E-state index contributed by atoms with van der Waals surface area (Å²) in [6.45, 7) is 2.32. The maximum absolute atomic E-state index is 12.6. The normalized spacial score (nSPS) is 18.1. The van der Waals surface area contributed by atoms with Crippen molar-refractivity contribution in [1.29, 1.82) is 10.5 Å². The van der Waals surface area contributed by atoms with Gasteiger partial charge in [0.05, 0.1) is 41.8 Å². The molecule has 1 saturated carbocycles. The summed E-state index contributed by atoms with van der Waals surface area (Å²) in [5.41, 5.74) is 1.72.